The maximum atomic E-state index is 5.49. The minimum atomic E-state index is 0.431. The predicted octanol–water partition coefficient (Wildman–Crippen LogP) is 2.22. The fourth-order valence-electron chi connectivity index (χ4n) is 1.71. The maximum absolute atomic E-state index is 5.49. The van der Waals surface area contributed by atoms with Gasteiger partial charge in [0.1, 0.15) is 0 Å². The molecule has 0 fully saturated rings. The van der Waals surface area contributed by atoms with Crippen LogP contribution in [0.1, 0.15) is 16.8 Å². The number of nitrogens with zero attached hydrogens (tertiary/aromatic N) is 2. The van der Waals surface area contributed by atoms with Crippen LogP contribution in [0.25, 0.3) is 11.3 Å². The van der Waals surface area contributed by atoms with Crippen LogP contribution in [0.4, 0.5) is 0 Å². The molecule has 0 saturated heterocycles. The van der Waals surface area contributed by atoms with Crippen LogP contribution < -0.4 is 5.73 Å². The molecule has 1 heterocycles. The van der Waals surface area contributed by atoms with Gasteiger partial charge in [-0.25, -0.2) is 0 Å². The molecule has 0 atom stereocenters. The van der Waals surface area contributed by atoms with E-state index in [2.05, 4.69) is 42.2 Å². The van der Waals surface area contributed by atoms with Crippen LogP contribution in [0.5, 0.6) is 0 Å². The smallest absolute Gasteiger partial charge is 0.0932 e. The average molecular weight is 213 g/mol. The van der Waals surface area contributed by atoms with E-state index in [9.17, 15) is 0 Å². The molecule has 0 unspecified atom stereocenters. The molecule has 3 heteroatoms. The predicted molar refractivity (Wildman–Crippen MR) is 64.8 cm³/mol. The molecule has 82 valence electrons. The summed E-state index contributed by atoms with van der Waals surface area (Å²) in [6.07, 6.45) is 0. The Bertz CT molecular complexity index is 489. The molecule has 0 aliphatic rings. The zero-order valence-corrected chi connectivity index (χ0v) is 9.57. The molecule has 1 aromatic carbocycles. The monoisotopic (exact) mass is 213 g/mol. The minimum absolute atomic E-state index is 0.431. The molecule has 1 aromatic heterocycles. The second-order valence-electron chi connectivity index (χ2n) is 3.93. The highest BCUT2D eigenvalue weighted by atomic mass is 15.1. The molecule has 3 nitrogen and oxygen atoms in total. The maximum Gasteiger partial charge on any atom is 0.0932 e. The lowest BCUT2D eigenvalue weighted by Crippen LogP contribution is -2.01. The Morgan fingerprint density at radius 1 is 1.06 bits per heavy atom. The van der Waals surface area contributed by atoms with Gasteiger partial charge in [-0.15, -0.1) is 0 Å². The second kappa shape index (κ2) is 4.41. The Hall–Kier alpha value is -1.74. The first kappa shape index (κ1) is 10.8. The molecule has 0 aliphatic heterocycles. The first-order valence-corrected chi connectivity index (χ1v) is 5.31. The fourth-order valence-corrected chi connectivity index (χ4v) is 1.71. The highest BCUT2D eigenvalue weighted by Crippen LogP contribution is 2.21. The van der Waals surface area contributed by atoms with Crippen molar-refractivity contribution in [2.24, 2.45) is 5.73 Å². The van der Waals surface area contributed by atoms with Crippen molar-refractivity contribution in [1.82, 2.24) is 10.2 Å². The number of hydrogen-bond acceptors (Lipinski definition) is 3. The van der Waals surface area contributed by atoms with Crippen molar-refractivity contribution < 1.29 is 0 Å². The van der Waals surface area contributed by atoms with Crippen LogP contribution in [-0.2, 0) is 6.54 Å². The van der Waals surface area contributed by atoms with Crippen molar-refractivity contribution >= 4 is 0 Å². The van der Waals surface area contributed by atoms with Gasteiger partial charge >= 0.3 is 0 Å². The lowest BCUT2D eigenvalue weighted by atomic mass is 10.0. The summed E-state index contributed by atoms with van der Waals surface area (Å²) in [5.74, 6) is 0. The molecule has 0 aliphatic carbocycles. The molecule has 0 saturated carbocycles. The summed E-state index contributed by atoms with van der Waals surface area (Å²) < 4.78 is 0. The topological polar surface area (TPSA) is 51.8 Å². The van der Waals surface area contributed by atoms with E-state index >= 15 is 0 Å². The summed E-state index contributed by atoms with van der Waals surface area (Å²) in [4.78, 5) is 0. The number of aromatic nitrogens is 2. The van der Waals surface area contributed by atoms with Crippen LogP contribution >= 0.6 is 0 Å². The zero-order valence-electron chi connectivity index (χ0n) is 9.57. The van der Waals surface area contributed by atoms with E-state index in [4.69, 9.17) is 5.73 Å². The molecule has 2 N–H and O–H groups in total. The van der Waals surface area contributed by atoms with Crippen LogP contribution in [-0.4, -0.2) is 10.2 Å². The summed E-state index contributed by atoms with van der Waals surface area (Å²) in [5.41, 5.74) is 10.8. The normalized spacial score (nSPS) is 10.4. The van der Waals surface area contributed by atoms with Gasteiger partial charge in [0, 0.05) is 12.1 Å². The van der Waals surface area contributed by atoms with Crippen LogP contribution in [0.3, 0.4) is 0 Å². The van der Waals surface area contributed by atoms with E-state index in [0.717, 1.165) is 17.0 Å². The van der Waals surface area contributed by atoms with Gasteiger partial charge in [0.2, 0.25) is 0 Å². The van der Waals surface area contributed by atoms with Crippen LogP contribution in [0.2, 0.25) is 0 Å². The third-order valence-corrected chi connectivity index (χ3v) is 2.59. The van der Waals surface area contributed by atoms with Crippen LogP contribution in [0, 0.1) is 13.8 Å². The van der Waals surface area contributed by atoms with E-state index in [1.807, 2.05) is 12.1 Å². The Balaban J connectivity index is 2.42. The van der Waals surface area contributed by atoms with E-state index in [1.165, 1.54) is 11.1 Å². The lowest BCUT2D eigenvalue weighted by molar-refractivity contribution is 0.902. The standard InChI is InChI=1S/C13H15N3/c1-9-3-5-12(10(2)7-9)13-6-4-11(8-14)15-16-13/h3-7H,8,14H2,1-2H3. The van der Waals surface area contributed by atoms with Gasteiger partial charge in [-0.3, -0.25) is 0 Å². The number of rotatable bonds is 2. The number of nitrogens with two attached hydrogens (primary N) is 1. The molecular weight excluding hydrogens is 198 g/mol. The van der Waals surface area contributed by atoms with Gasteiger partial charge in [0.25, 0.3) is 0 Å². The Labute approximate surface area is 95.3 Å². The highest BCUT2D eigenvalue weighted by Gasteiger charge is 2.03. The van der Waals surface area contributed by atoms with Crippen LogP contribution in [0.15, 0.2) is 30.3 Å². The Kier molecular flexibility index (Phi) is 2.97. The van der Waals surface area contributed by atoms with Gasteiger partial charge in [-0.2, -0.15) is 10.2 Å². The quantitative estimate of drug-likeness (QED) is 0.832. The van der Waals surface area contributed by atoms with Gasteiger partial charge in [-0.05, 0) is 31.5 Å². The van der Waals surface area contributed by atoms with Crippen molar-refractivity contribution in [2.45, 2.75) is 20.4 Å². The van der Waals surface area contributed by atoms with Crippen molar-refractivity contribution in [3.63, 3.8) is 0 Å². The first-order chi connectivity index (χ1) is 7.70. The SMILES string of the molecule is Cc1ccc(-c2ccc(CN)nn2)c(C)c1. The highest BCUT2D eigenvalue weighted by molar-refractivity contribution is 5.63. The van der Waals surface area contributed by atoms with Gasteiger partial charge in [0.15, 0.2) is 0 Å². The molecule has 0 spiro atoms. The molecule has 0 bridgehead atoms. The van der Waals surface area contributed by atoms with Crippen molar-refractivity contribution in [3.05, 3.63) is 47.2 Å². The molecule has 16 heavy (non-hydrogen) atoms. The van der Waals surface area contributed by atoms with Gasteiger partial charge in [-0.1, -0.05) is 23.8 Å². The number of benzene rings is 1. The second-order valence-corrected chi connectivity index (χ2v) is 3.93. The summed E-state index contributed by atoms with van der Waals surface area (Å²) in [6.45, 7) is 4.60. The average Bonchev–Trinajstić information content (AvgIpc) is 2.29. The molecule has 2 rings (SSSR count). The van der Waals surface area contributed by atoms with E-state index in [-0.39, 0.29) is 0 Å². The zero-order chi connectivity index (χ0) is 11.5. The molecule has 0 radical (unpaired) electrons. The summed E-state index contributed by atoms with van der Waals surface area (Å²) in [5, 5.41) is 8.24. The minimum Gasteiger partial charge on any atom is -0.325 e. The molecule has 0 amide bonds. The summed E-state index contributed by atoms with van der Waals surface area (Å²) >= 11 is 0. The summed E-state index contributed by atoms with van der Waals surface area (Å²) in [7, 11) is 0. The number of hydrogen-bond donors (Lipinski definition) is 1. The van der Waals surface area contributed by atoms with E-state index < -0.39 is 0 Å². The van der Waals surface area contributed by atoms with Crippen molar-refractivity contribution in [3.8, 4) is 11.3 Å². The molecule has 2 aromatic rings. The van der Waals surface area contributed by atoms with E-state index in [1.54, 1.807) is 0 Å². The number of aryl methyl sites for hydroxylation is 2. The van der Waals surface area contributed by atoms with Crippen molar-refractivity contribution in [1.29, 1.82) is 0 Å². The van der Waals surface area contributed by atoms with E-state index in [0.29, 0.717) is 6.54 Å². The third kappa shape index (κ3) is 2.09. The fraction of sp³-hybridized carbons (Fsp3) is 0.231. The van der Waals surface area contributed by atoms with Crippen molar-refractivity contribution in [2.75, 3.05) is 0 Å². The lowest BCUT2D eigenvalue weighted by Gasteiger charge is -2.05. The van der Waals surface area contributed by atoms with Gasteiger partial charge < -0.3 is 5.73 Å². The first-order valence-electron chi connectivity index (χ1n) is 5.31. The Morgan fingerprint density at radius 3 is 2.44 bits per heavy atom. The third-order valence-electron chi connectivity index (χ3n) is 2.59. The summed E-state index contributed by atoms with van der Waals surface area (Å²) in [6, 6.07) is 10.2. The molecular formula is C13H15N3. The Morgan fingerprint density at radius 2 is 1.88 bits per heavy atom. The van der Waals surface area contributed by atoms with Gasteiger partial charge in [0.05, 0.1) is 11.4 Å². The largest absolute Gasteiger partial charge is 0.325 e.